The normalized spacial score (nSPS) is 11.6. The third-order valence-corrected chi connectivity index (χ3v) is 5.02. The molecule has 0 saturated carbocycles. The van der Waals surface area contributed by atoms with Crippen molar-refractivity contribution in [3.8, 4) is 11.6 Å². The minimum absolute atomic E-state index is 0.00999. The van der Waals surface area contributed by atoms with Crippen LogP contribution >= 0.6 is 23.2 Å². The van der Waals surface area contributed by atoms with Crippen molar-refractivity contribution in [3.05, 3.63) is 90.5 Å². The lowest BCUT2D eigenvalue weighted by molar-refractivity contribution is 0.405. The van der Waals surface area contributed by atoms with E-state index in [1.54, 1.807) is 0 Å². The summed E-state index contributed by atoms with van der Waals surface area (Å²) < 4.78 is 2.04. The van der Waals surface area contributed by atoms with Gasteiger partial charge in [0.2, 0.25) is 5.88 Å². The second-order valence-corrected chi connectivity index (χ2v) is 8.43. The van der Waals surface area contributed by atoms with Gasteiger partial charge >= 0.3 is 5.69 Å². The summed E-state index contributed by atoms with van der Waals surface area (Å²) in [5.41, 5.74) is 0.831. The molecule has 3 aromatic rings. The quantitative estimate of drug-likeness (QED) is 0.686. The molecule has 0 aliphatic rings. The van der Waals surface area contributed by atoms with Crippen molar-refractivity contribution in [1.29, 1.82) is 0 Å². The number of hydrogen-bond acceptors (Lipinski definition) is 3. The van der Waals surface area contributed by atoms with Crippen LogP contribution in [-0.4, -0.2) is 14.2 Å². The molecule has 0 aliphatic heterocycles. The van der Waals surface area contributed by atoms with Crippen LogP contribution in [0.25, 0.3) is 5.69 Å². The minimum atomic E-state index is -0.686. The minimum Gasteiger partial charge on any atom is -0.494 e. The van der Waals surface area contributed by atoms with Crippen LogP contribution in [0.5, 0.6) is 5.88 Å². The van der Waals surface area contributed by atoms with E-state index in [0.717, 1.165) is 26.3 Å². The van der Waals surface area contributed by atoms with Crippen LogP contribution in [0.4, 0.5) is 0 Å². The van der Waals surface area contributed by atoms with Gasteiger partial charge in [-0.1, -0.05) is 68.2 Å². The second-order valence-electron chi connectivity index (χ2n) is 7.59. The van der Waals surface area contributed by atoms with Crippen LogP contribution in [0.2, 0.25) is 10.0 Å². The fourth-order valence-electron chi connectivity index (χ4n) is 2.89. The molecule has 5 nitrogen and oxygen atoms in total. The monoisotopic (exact) mass is 418 g/mol. The molecule has 1 aromatic heterocycles. The molecule has 7 heteroatoms. The summed E-state index contributed by atoms with van der Waals surface area (Å²) in [6.07, 6.45) is 0. The highest BCUT2D eigenvalue weighted by atomic mass is 35.5. The van der Waals surface area contributed by atoms with E-state index in [4.69, 9.17) is 23.2 Å². The Kier molecular flexibility index (Phi) is 5.41. The Hall–Kier alpha value is -2.50. The Morgan fingerprint density at radius 3 is 2.18 bits per heavy atom. The average molecular weight is 419 g/mol. The SMILES string of the molecule is CC(C)(C)c1ccc(Cn2c(O)cc(=O)n(-c3ccc(Cl)cc3Cl)c2=O)cc1. The van der Waals surface area contributed by atoms with Gasteiger partial charge in [0.1, 0.15) is 0 Å². The van der Waals surface area contributed by atoms with E-state index in [1.807, 2.05) is 24.3 Å². The third-order valence-electron chi connectivity index (χ3n) is 4.48. The third kappa shape index (κ3) is 4.01. The van der Waals surface area contributed by atoms with Crippen LogP contribution in [0, 0.1) is 0 Å². The second kappa shape index (κ2) is 7.49. The largest absolute Gasteiger partial charge is 0.494 e. The Morgan fingerprint density at radius 1 is 0.964 bits per heavy atom. The summed E-state index contributed by atoms with van der Waals surface area (Å²) in [5.74, 6) is -0.406. The van der Waals surface area contributed by atoms with Gasteiger partial charge in [-0.2, -0.15) is 0 Å². The van der Waals surface area contributed by atoms with E-state index >= 15 is 0 Å². The predicted molar refractivity (Wildman–Crippen MR) is 112 cm³/mol. The molecule has 1 N–H and O–H groups in total. The highest BCUT2D eigenvalue weighted by molar-refractivity contribution is 6.35. The zero-order chi connectivity index (χ0) is 20.6. The first-order valence-electron chi connectivity index (χ1n) is 8.68. The van der Waals surface area contributed by atoms with Crippen LogP contribution in [0.15, 0.2) is 58.1 Å². The number of hydrogen-bond donors (Lipinski definition) is 1. The average Bonchev–Trinajstić information content (AvgIpc) is 2.60. The van der Waals surface area contributed by atoms with Crippen molar-refractivity contribution in [2.24, 2.45) is 0 Å². The van der Waals surface area contributed by atoms with Gasteiger partial charge in [0.25, 0.3) is 5.56 Å². The first-order chi connectivity index (χ1) is 13.1. The van der Waals surface area contributed by atoms with E-state index in [9.17, 15) is 14.7 Å². The van der Waals surface area contributed by atoms with Crippen molar-refractivity contribution >= 4 is 23.2 Å². The van der Waals surface area contributed by atoms with Crippen LogP contribution in [0.1, 0.15) is 31.9 Å². The number of benzene rings is 2. The van der Waals surface area contributed by atoms with Crippen LogP contribution in [-0.2, 0) is 12.0 Å². The number of rotatable bonds is 3. The Labute approximate surface area is 172 Å². The summed E-state index contributed by atoms with van der Waals surface area (Å²) in [7, 11) is 0. The molecular formula is C21H20Cl2N2O3. The van der Waals surface area contributed by atoms with Gasteiger partial charge in [-0.15, -0.1) is 0 Å². The number of halogens is 2. The zero-order valence-electron chi connectivity index (χ0n) is 15.7. The lowest BCUT2D eigenvalue weighted by Crippen LogP contribution is -2.38. The van der Waals surface area contributed by atoms with Gasteiger partial charge in [0.15, 0.2) is 0 Å². The van der Waals surface area contributed by atoms with Gasteiger partial charge in [0.05, 0.1) is 23.3 Å². The molecule has 0 radical (unpaired) electrons. The Morgan fingerprint density at radius 2 is 1.61 bits per heavy atom. The van der Waals surface area contributed by atoms with Gasteiger partial charge in [-0.25, -0.2) is 9.36 Å². The van der Waals surface area contributed by atoms with Crippen LogP contribution < -0.4 is 11.2 Å². The molecule has 3 rings (SSSR count). The number of aromatic nitrogens is 2. The molecule has 2 aromatic carbocycles. The number of aromatic hydroxyl groups is 1. The van der Waals surface area contributed by atoms with Crippen LogP contribution in [0.3, 0.4) is 0 Å². The Bertz CT molecular complexity index is 1140. The summed E-state index contributed by atoms with van der Waals surface area (Å²) >= 11 is 12.1. The summed E-state index contributed by atoms with van der Waals surface area (Å²) in [6, 6.07) is 13.3. The van der Waals surface area contributed by atoms with Crippen molar-refractivity contribution < 1.29 is 5.11 Å². The van der Waals surface area contributed by atoms with E-state index in [0.29, 0.717) is 5.02 Å². The molecule has 0 aliphatic carbocycles. The summed E-state index contributed by atoms with van der Waals surface area (Å²) in [4.78, 5) is 25.3. The van der Waals surface area contributed by atoms with Crippen molar-refractivity contribution in [3.63, 3.8) is 0 Å². The molecule has 0 spiro atoms. The molecule has 0 fully saturated rings. The molecule has 0 saturated heterocycles. The maximum Gasteiger partial charge on any atom is 0.338 e. The standard InChI is InChI=1S/C21H20Cl2N2O3/c1-21(2,3)14-6-4-13(5-7-14)12-24-18(26)11-19(27)25(20(24)28)17-9-8-15(22)10-16(17)23/h4-11,26H,12H2,1-3H3. The van der Waals surface area contributed by atoms with E-state index in [2.05, 4.69) is 20.8 Å². The molecule has 28 heavy (non-hydrogen) atoms. The van der Waals surface area contributed by atoms with Crippen molar-refractivity contribution in [2.75, 3.05) is 0 Å². The fraction of sp³-hybridized carbons (Fsp3) is 0.238. The summed E-state index contributed by atoms with van der Waals surface area (Å²) in [5, 5.41) is 10.8. The van der Waals surface area contributed by atoms with Gasteiger partial charge in [-0.3, -0.25) is 9.36 Å². The van der Waals surface area contributed by atoms with Crippen molar-refractivity contribution in [2.45, 2.75) is 32.7 Å². The molecule has 0 bridgehead atoms. The Balaban J connectivity index is 2.08. The predicted octanol–water partition coefficient (Wildman–Crippen LogP) is 4.36. The smallest absolute Gasteiger partial charge is 0.338 e. The fourth-order valence-corrected chi connectivity index (χ4v) is 3.38. The lowest BCUT2D eigenvalue weighted by Gasteiger charge is -2.19. The van der Waals surface area contributed by atoms with Gasteiger partial charge < -0.3 is 5.11 Å². The molecule has 0 unspecified atom stereocenters. The van der Waals surface area contributed by atoms with Gasteiger partial charge in [-0.05, 0) is 34.7 Å². The van der Waals surface area contributed by atoms with E-state index in [1.165, 1.54) is 18.2 Å². The molecule has 0 amide bonds. The molecular weight excluding hydrogens is 399 g/mol. The topological polar surface area (TPSA) is 64.2 Å². The number of nitrogens with zero attached hydrogens (tertiary/aromatic N) is 2. The maximum atomic E-state index is 13.0. The molecule has 0 atom stereocenters. The first kappa shape index (κ1) is 20.2. The first-order valence-corrected chi connectivity index (χ1v) is 9.44. The van der Waals surface area contributed by atoms with E-state index < -0.39 is 17.1 Å². The maximum absolute atomic E-state index is 13.0. The molecule has 1 heterocycles. The van der Waals surface area contributed by atoms with Gasteiger partial charge in [0, 0.05) is 5.02 Å². The highest BCUT2D eigenvalue weighted by Crippen LogP contribution is 2.24. The highest BCUT2D eigenvalue weighted by Gasteiger charge is 2.16. The lowest BCUT2D eigenvalue weighted by atomic mass is 9.87. The van der Waals surface area contributed by atoms with E-state index in [-0.39, 0.29) is 22.7 Å². The molecule has 146 valence electrons. The zero-order valence-corrected chi connectivity index (χ0v) is 17.3. The van der Waals surface area contributed by atoms with Crippen molar-refractivity contribution in [1.82, 2.24) is 9.13 Å². The summed E-state index contributed by atoms with van der Waals surface area (Å²) in [6.45, 7) is 6.46.